The molecular weight excluding hydrogens is 372 g/mol. The lowest BCUT2D eigenvalue weighted by atomic mass is 10.1. The molecule has 1 saturated heterocycles. The first-order valence-corrected chi connectivity index (χ1v) is 10.0. The molecule has 0 N–H and O–H groups in total. The van der Waals surface area contributed by atoms with Gasteiger partial charge in [0.15, 0.2) is 0 Å². The Labute approximate surface area is 171 Å². The van der Waals surface area contributed by atoms with Crippen LogP contribution in [0.1, 0.15) is 24.0 Å². The quantitative estimate of drug-likeness (QED) is 0.691. The van der Waals surface area contributed by atoms with Gasteiger partial charge in [-0.1, -0.05) is 54.1 Å². The van der Waals surface area contributed by atoms with E-state index in [1.807, 2.05) is 35.2 Å². The Balaban J connectivity index is 1.40. The molecule has 0 aromatic heterocycles. The van der Waals surface area contributed by atoms with Crippen LogP contribution >= 0.6 is 11.6 Å². The fourth-order valence-corrected chi connectivity index (χ4v) is 3.40. The van der Waals surface area contributed by atoms with Gasteiger partial charge in [-0.15, -0.1) is 0 Å². The van der Waals surface area contributed by atoms with Gasteiger partial charge < -0.3 is 9.80 Å². The van der Waals surface area contributed by atoms with Crippen LogP contribution in [0.3, 0.4) is 0 Å². The SMILES string of the molecule is O=C(/C=C/c1ccc(Cl)cc1)N1CCN(C(=O)CCCc2ccccc2)CC1. The number of benzene rings is 2. The zero-order valence-corrected chi connectivity index (χ0v) is 16.6. The fraction of sp³-hybridized carbons (Fsp3) is 0.304. The number of nitrogens with zero attached hydrogens (tertiary/aromatic N) is 2. The third-order valence-electron chi connectivity index (χ3n) is 4.93. The second kappa shape index (κ2) is 10.1. The maximum absolute atomic E-state index is 12.4. The van der Waals surface area contributed by atoms with E-state index in [2.05, 4.69) is 12.1 Å². The standard InChI is InChI=1S/C23H25ClN2O2/c24-21-12-9-20(10-13-21)11-14-23(28)26-17-15-25(16-18-26)22(27)8-4-7-19-5-2-1-3-6-19/h1-3,5-6,9-14H,4,7-8,15-18H2/b14-11+. The largest absolute Gasteiger partial charge is 0.339 e. The number of rotatable bonds is 6. The summed E-state index contributed by atoms with van der Waals surface area (Å²) in [7, 11) is 0. The molecule has 2 aromatic rings. The first kappa shape index (κ1) is 20.2. The van der Waals surface area contributed by atoms with Crippen LogP contribution in [0.5, 0.6) is 0 Å². The highest BCUT2D eigenvalue weighted by Gasteiger charge is 2.22. The fourth-order valence-electron chi connectivity index (χ4n) is 3.27. The van der Waals surface area contributed by atoms with E-state index in [0.29, 0.717) is 37.6 Å². The lowest BCUT2D eigenvalue weighted by molar-refractivity contribution is -0.137. The van der Waals surface area contributed by atoms with Gasteiger partial charge in [-0.05, 0) is 42.2 Å². The number of hydrogen-bond acceptors (Lipinski definition) is 2. The number of hydrogen-bond donors (Lipinski definition) is 0. The van der Waals surface area contributed by atoms with Gasteiger partial charge in [-0.3, -0.25) is 9.59 Å². The Morgan fingerprint density at radius 3 is 2.21 bits per heavy atom. The van der Waals surface area contributed by atoms with Crippen molar-refractivity contribution in [2.24, 2.45) is 0 Å². The van der Waals surface area contributed by atoms with Crippen LogP contribution in [0.25, 0.3) is 6.08 Å². The molecule has 0 atom stereocenters. The third-order valence-corrected chi connectivity index (χ3v) is 5.18. The molecule has 0 bridgehead atoms. The van der Waals surface area contributed by atoms with Gasteiger partial charge in [-0.25, -0.2) is 0 Å². The van der Waals surface area contributed by atoms with Crippen molar-refractivity contribution in [2.75, 3.05) is 26.2 Å². The average Bonchev–Trinajstić information content (AvgIpc) is 2.74. The van der Waals surface area contributed by atoms with Gasteiger partial charge in [0.1, 0.15) is 0 Å². The van der Waals surface area contributed by atoms with Crippen molar-refractivity contribution in [3.63, 3.8) is 0 Å². The molecule has 2 amide bonds. The molecule has 28 heavy (non-hydrogen) atoms. The lowest BCUT2D eigenvalue weighted by Crippen LogP contribution is -2.50. The van der Waals surface area contributed by atoms with Crippen molar-refractivity contribution >= 4 is 29.5 Å². The van der Waals surface area contributed by atoms with E-state index < -0.39 is 0 Å². The molecule has 4 nitrogen and oxygen atoms in total. The number of halogens is 1. The molecule has 1 aliphatic rings. The van der Waals surface area contributed by atoms with Gasteiger partial charge in [-0.2, -0.15) is 0 Å². The maximum atomic E-state index is 12.4. The van der Waals surface area contributed by atoms with Crippen LogP contribution in [0, 0.1) is 0 Å². The van der Waals surface area contributed by atoms with E-state index in [1.165, 1.54) is 5.56 Å². The Morgan fingerprint density at radius 2 is 1.54 bits per heavy atom. The summed E-state index contributed by atoms with van der Waals surface area (Å²) in [6, 6.07) is 17.6. The zero-order valence-electron chi connectivity index (χ0n) is 15.9. The minimum atomic E-state index is -0.0221. The number of aryl methyl sites for hydroxylation is 1. The minimum absolute atomic E-state index is 0.0221. The first-order valence-electron chi connectivity index (χ1n) is 9.66. The number of carbonyl (C=O) groups excluding carboxylic acids is 2. The zero-order chi connectivity index (χ0) is 19.8. The summed E-state index contributed by atoms with van der Waals surface area (Å²) in [6.07, 6.45) is 5.70. The average molecular weight is 397 g/mol. The van der Waals surface area contributed by atoms with Gasteiger partial charge in [0.2, 0.25) is 11.8 Å². The molecule has 0 spiro atoms. The summed E-state index contributed by atoms with van der Waals surface area (Å²) in [6.45, 7) is 2.36. The summed E-state index contributed by atoms with van der Waals surface area (Å²) in [5.41, 5.74) is 2.20. The van der Waals surface area contributed by atoms with Crippen molar-refractivity contribution in [2.45, 2.75) is 19.3 Å². The number of piperazine rings is 1. The van der Waals surface area contributed by atoms with Gasteiger partial charge in [0.25, 0.3) is 0 Å². The van der Waals surface area contributed by atoms with Crippen LogP contribution in [0.15, 0.2) is 60.7 Å². The summed E-state index contributed by atoms with van der Waals surface area (Å²) in [4.78, 5) is 28.4. The summed E-state index contributed by atoms with van der Waals surface area (Å²) in [5, 5.41) is 0.674. The van der Waals surface area contributed by atoms with Gasteiger partial charge in [0, 0.05) is 43.7 Å². The van der Waals surface area contributed by atoms with Crippen LogP contribution < -0.4 is 0 Å². The van der Waals surface area contributed by atoms with Crippen molar-refractivity contribution in [3.8, 4) is 0 Å². The van der Waals surface area contributed by atoms with Crippen molar-refractivity contribution < 1.29 is 9.59 Å². The third kappa shape index (κ3) is 5.96. The smallest absolute Gasteiger partial charge is 0.246 e. The second-order valence-corrected chi connectivity index (χ2v) is 7.37. The topological polar surface area (TPSA) is 40.6 Å². The molecule has 0 saturated carbocycles. The Bertz CT molecular complexity index is 810. The van der Waals surface area contributed by atoms with Crippen LogP contribution in [-0.2, 0) is 16.0 Å². The predicted molar refractivity (Wildman–Crippen MR) is 113 cm³/mol. The summed E-state index contributed by atoms with van der Waals surface area (Å²) < 4.78 is 0. The Morgan fingerprint density at radius 1 is 0.893 bits per heavy atom. The van der Waals surface area contributed by atoms with Crippen molar-refractivity contribution in [1.82, 2.24) is 9.80 Å². The van der Waals surface area contributed by atoms with Crippen molar-refractivity contribution in [1.29, 1.82) is 0 Å². The van der Waals surface area contributed by atoms with Crippen molar-refractivity contribution in [3.05, 3.63) is 76.8 Å². The molecule has 5 heteroatoms. The highest BCUT2D eigenvalue weighted by molar-refractivity contribution is 6.30. The molecule has 0 aliphatic carbocycles. The van der Waals surface area contributed by atoms with E-state index in [-0.39, 0.29) is 11.8 Å². The first-order chi connectivity index (χ1) is 13.6. The number of amides is 2. The van der Waals surface area contributed by atoms with Gasteiger partial charge in [0.05, 0.1) is 0 Å². The normalized spacial score (nSPS) is 14.5. The molecule has 2 aromatic carbocycles. The van der Waals surface area contributed by atoms with Gasteiger partial charge >= 0.3 is 0 Å². The highest BCUT2D eigenvalue weighted by atomic mass is 35.5. The molecule has 146 valence electrons. The monoisotopic (exact) mass is 396 g/mol. The molecule has 0 radical (unpaired) electrons. The number of carbonyl (C=O) groups is 2. The van der Waals surface area contributed by atoms with E-state index in [0.717, 1.165) is 18.4 Å². The summed E-state index contributed by atoms with van der Waals surface area (Å²) >= 11 is 5.87. The molecule has 1 aliphatic heterocycles. The predicted octanol–water partition coefficient (Wildman–Crippen LogP) is 4.05. The molecule has 3 rings (SSSR count). The maximum Gasteiger partial charge on any atom is 0.246 e. The van der Waals surface area contributed by atoms with E-state index in [1.54, 1.807) is 29.2 Å². The van der Waals surface area contributed by atoms with Crippen LogP contribution in [0.2, 0.25) is 5.02 Å². The second-order valence-electron chi connectivity index (χ2n) is 6.93. The summed E-state index contributed by atoms with van der Waals surface area (Å²) in [5.74, 6) is 0.158. The van der Waals surface area contributed by atoms with Crippen LogP contribution in [-0.4, -0.2) is 47.8 Å². The van der Waals surface area contributed by atoms with E-state index in [9.17, 15) is 9.59 Å². The van der Waals surface area contributed by atoms with Crippen LogP contribution in [0.4, 0.5) is 0 Å². The van der Waals surface area contributed by atoms with E-state index >= 15 is 0 Å². The Hall–Kier alpha value is -2.59. The minimum Gasteiger partial charge on any atom is -0.339 e. The molecular formula is C23H25ClN2O2. The molecule has 1 fully saturated rings. The molecule has 0 unspecified atom stereocenters. The Kier molecular flexibility index (Phi) is 7.26. The van der Waals surface area contributed by atoms with E-state index in [4.69, 9.17) is 11.6 Å². The lowest BCUT2D eigenvalue weighted by Gasteiger charge is -2.34. The highest BCUT2D eigenvalue weighted by Crippen LogP contribution is 2.12. The molecule has 1 heterocycles.